The van der Waals surface area contributed by atoms with Gasteiger partial charge >= 0.3 is 0 Å². The number of hydrogen-bond donors (Lipinski definition) is 0. The average Bonchev–Trinajstić information content (AvgIpc) is 3.48. The summed E-state index contributed by atoms with van der Waals surface area (Å²) in [6.07, 6.45) is 6.70. The summed E-state index contributed by atoms with van der Waals surface area (Å²) in [6, 6.07) is 0. The largest absolute Gasteiger partial charge is 0.381 e. The minimum atomic E-state index is 0.676. The van der Waals surface area contributed by atoms with E-state index >= 15 is 0 Å². The molecule has 0 aromatic rings. The van der Waals surface area contributed by atoms with Gasteiger partial charge in [-0.25, -0.2) is 0 Å². The van der Waals surface area contributed by atoms with E-state index < -0.39 is 0 Å². The van der Waals surface area contributed by atoms with Crippen LogP contribution in [0.4, 0.5) is 0 Å². The molecule has 0 aromatic heterocycles. The predicted molar refractivity (Wildman–Crippen MR) is 187 cm³/mol. The molecular formula is C38H82O4. The molecule has 5 fully saturated rings. The Bertz CT molecular complexity index is 503. The summed E-state index contributed by atoms with van der Waals surface area (Å²) in [5.74, 6) is 7.03. The van der Waals surface area contributed by atoms with Gasteiger partial charge in [-0.3, -0.25) is 0 Å². The Hall–Kier alpha value is -0.160. The third-order valence-corrected chi connectivity index (χ3v) is 8.87. The highest BCUT2D eigenvalue weighted by Gasteiger charge is 2.50. The monoisotopic (exact) mass is 603 g/mol. The molecular weight excluding hydrogens is 520 g/mol. The molecule has 4 saturated heterocycles. The van der Waals surface area contributed by atoms with Gasteiger partial charge in [0, 0.05) is 37.8 Å². The van der Waals surface area contributed by atoms with Crippen molar-refractivity contribution in [3.63, 3.8) is 0 Å². The van der Waals surface area contributed by atoms with Gasteiger partial charge in [0.25, 0.3) is 0 Å². The summed E-state index contributed by atoms with van der Waals surface area (Å²) in [7, 11) is 0. The van der Waals surface area contributed by atoms with Crippen molar-refractivity contribution in [2.24, 2.45) is 52.8 Å². The molecule has 5 aliphatic rings. The van der Waals surface area contributed by atoms with Gasteiger partial charge in [-0.2, -0.15) is 0 Å². The van der Waals surface area contributed by atoms with E-state index in [0.29, 0.717) is 5.41 Å². The van der Waals surface area contributed by atoms with Crippen LogP contribution in [0.25, 0.3) is 0 Å². The van der Waals surface area contributed by atoms with Crippen LogP contribution in [-0.4, -0.2) is 52.9 Å². The van der Waals surface area contributed by atoms with Crippen LogP contribution in [0.3, 0.4) is 0 Å². The van der Waals surface area contributed by atoms with Crippen molar-refractivity contribution >= 4 is 0 Å². The van der Waals surface area contributed by atoms with Gasteiger partial charge < -0.3 is 18.9 Å². The van der Waals surface area contributed by atoms with E-state index in [-0.39, 0.29) is 0 Å². The zero-order valence-corrected chi connectivity index (χ0v) is 31.9. The van der Waals surface area contributed by atoms with Gasteiger partial charge in [0.2, 0.25) is 0 Å². The molecule has 258 valence electrons. The molecule has 1 aliphatic carbocycles. The van der Waals surface area contributed by atoms with Gasteiger partial charge in [-0.1, -0.05) is 111 Å². The van der Waals surface area contributed by atoms with Crippen molar-refractivity contribution in [2.45, 2.75) is 143 Å². The van der Waals surface area contributed by atoms with E-state index in [1.165, 1.54) is 32.1 Å². The molecule has 1 saturated carbocycles. The van der Waals surface area contributed by atoms with Crippen molar-refractivity contribution in [3.8, 4) is 0 Å². The lowest BCUT2D eigenvalue weighted by molar-refractivity contribution is -0.185. The first-order valence-electron chi connectivity index (χ1n) is 18.4. The van der Waals surface area contributed by atoms with Crippen LogP contribution in [0.1, 0.15) is 143 Å². The third-order valence-electron chi connectivity index (χ3n) is 8.87. The van der Waals surface area contributed by atoms with Crippen LogP contribution < -0.4 is 0 Å². The maximum Gasteiger partial charge on any atom is 0.0545 e. The van der Waals surface area contributed by atoms with E-state index in [1.807, 2.05) is 55.4 Å². The maximum atomic E-state index is 5.25. The van der Waals surface area contributed by atoms with Crippen LogP contribution in [0.15, 0.2) is 0 Å². The SMILES string of the molecule is CC.CC.CC.CC.CC(C)C1CC2(COC2)C1.CC(C)C1CCOC1.CC(C)C1CCOCC1.CC(C)C1COC1. The predicted octanol–water partition coefficient (Wildman–Crippen LogP) is 11.2. The van der Waals surface area contributed by atoms with Crippen LogP contribution in [0, 0.1) is 52.8 Å². The fourth-order valence-electron chi connectivity index (χ4n) is 5.25. The van der Waals surface area contributed by atoms with Gasteiger partial charge in [0.1, 0.15) is 0 Å². The van der Waals surface area contributed by atoms with Crippen LogP contribution in [0.2, 0.25) is 0 Å². The first-order chi connectivity index (χ1) is 20.1. The molecule has 0 aromatic carbocycles. The van der Waals surface area contributed by atoms with E-state index in [0.717, 1.165) is 100 Å². The van der Waals surface area contributed by atoms with Crippen molar-refractivity contribution in [1.29, 1.82) is 0 Å². The van der Waals surface area contributed by atoms with Crippen LogP contribution in [-0.2, 0) is 18.9 Å². The van der Waals surface area contributed by atoms with E-state index in [9.17, 15) is 0 Å². The first kappa shape index (κ1) is 46.3. The Morgan fingerprint density at radius 3 is 0.952 bits per heavy atom. The quantitative estimate of drug-likeness (QED) is 0.321. The molecule has 1 unspecified atom stereocenters. The number of hydrogen-bond acceptors (Lipinski definition) is 4. The van der Waals surface area contributed by atoms with E-state index in [4.69, 9.17) is 18.9 Å². The first-order valence-corrected chi connectivity index (χ1v) is 18.4. The van der Waals surface area contributed by atoms with Crippen molar-refractivity contribution < 1.29 is 18.9 Å². The van der Waals surface area contributed by atoms with Crippen molar-refractivity contribution in [2.75, 3.05) is 52.9 Å². The summed E-state index contributed by atoms with van der Waals surface area (Å²) in [6.45, 7) is 42.3. The summed E-state index contributed by atoms with van der Waals surface area (Å²) in [5, 5.41) is 0. The molecule has 5 rings (SSSR count). The molecule has 4 heteroatoms. The molecule has 4 heterocycles. The Labute approximate surface area is 267 Å². The standard InChI is InChI=1S/C9H16O.C8H16O.C7H14O.C6H12O.4C2H6/c1-7(2)8-3-9(4-8)5-10-6-9;1-7(2)8-3-5-9-6-4-8;1-6(2)7-3-4-8-5-7;1-5(2)6-3-7-4-6;4*1-2/h7-8H,3-6H2,1-2H3;7-8H,3-6H2,1-2H3;6-7H,3-5H2,1-2H3;5-6H,3-4H2,1-2H3;4*1-2H3. The summed E-state index contributed by atoms with van der Waals surface area (Å²) < 4.78 is 20.7. The zero-order valence-electron chi connectivity index (χ0n) is 31.9. The molecule has 0 N–H and O–H groups in total. The van der Waals surface area contributed by atoms with Crippen LogP contribution >= 0.6 is 0 Å². The van der Waals surface area contributed by atoms with Gasteiger partial charge in [-0.05, 0) is 73.5 Å². The minimum absolute atomic E-state index is 0.676. The fraction of sp³-hybridized carbons (Fsp3) is 1.00. The topological polar surface area (TPSA) is 36.9 Å². The van der Waals surface area contributed by atoms with Gasteiger partial charge in [-0.15, -0.1) is 0 Å². The average molecular weight is 603 g/mol. The molecule has 0 bridgehead atoms. The maximum absolute atomic E-state index is 5.25. The lowest BCUT2D eigenvalue weighted by atomic mass is 9.58. The third kappa shape index (κ3) is 20.0. The summed E-state index contributed by atoms with van der Waals surface area (Å²) in [5.41, 5.74) is 0.676. The molecule has 0 amide bonds. The highest BCUT2D eigenvalue weighted by Crippen LogP contribution is 2.53. The molecule has 4 aliphatic heterocycles. The fourth-order valence-corrected chi connectivity index (χ4v) is 5.25. The Morgan fingerprint density at radius 2 is 0.762 bits per heavy atom. The normalized spacial score (nSPS) is 22.1. The van der Waals surface area contributed by atoms with Gasteiger partial charge in [0.05, 0.1) is 26.4 Å². The van der Waals surface area contributed by atoms with Crippen molar-refractivity contribution in [3.05, 3.63) is 0 Å². The molecule has 1 atom stereocenters. The second-order valence-electron chi connectivity index (χ2n) is 13.0. The Kier molecular flexibility index (Phi) is 32.5. The minimum Gasteiger partial charge on any atom is -0.381 e. The molecule has 4 nitrogen and oxygen atoms in total. The second-order valence-corrected chi connectivity index (χ2v) is 13.0. The lowest BCUT2D eigenvalue weighted by Gasteiger charge is -2.54. The lowest BCUT2D eigenvalue weighted by Crippen LogP contribution is -2.53. The Balaban J connectivity index is -0.000000449. The summed E-state index contributed by atoms with van der Waals surface area (Å²) >= 11 is 0. The second kappa shape index (κ2) is 29.5. The smallest absolute Gasteiger partial charge is 0.0545 e. The highest BCUT2D eigenvalue weighted by atomic mass is 16.5. The van der Waals surface area contributed by atoms with Crippen LogP contribution in [0.5, 0.6) is 0 Å². The highest BCUT2D eigenvalue weighted by molar-refractivity contribution is 4.98. The molecule has 0 radical (unpaired) electrons. The van der Waals surface area contributed by atoms with Crippen molar-refractivity contribution in [1.82, 2.24) is 0 Å². The zero-order chi connectivity index (χ0) is 33.1. The van der Waals surface area contributed by atoms with Gasteiger partial charge in [0.15, 0.2) is 0 Å². The van der Waals surface area contributed by atoms with E-state index in [2.05, 4.69) is 55.4 Å². The Morgan fingerprint density at radius 1 is 0.405 bits per heavy atom. The number of ether oxygens (including phenoxy) is 4. The molecule has 42 heavy (non-hydrogen) atoms. The summed E-state index contributed by atoms with van der Waals surface area (Å²) in [4.78, 5) is 0. The number of rotatable bonds is 4. The van der Waals surface area contributed by atoms with E-state index in [1.54, 1.807) is 0 Å². The molecule has 1 spiro atoms.